The van der Waals surface area contributed by atoms with Crippen molar-refractivity contribution >= 4 is 17.5 Å². The molecule has 1 amide bonds. The summed E-state index contributed by atoms with van der Waals surface area (Å²) < 4.78 is 0. The molecule has 0 atom stereocenters. The Morgan fingerprint density at radius 1 is 1.48 bits per heavy atom. The zero-order chi connectivity index (χ0) is 15.4. The van der Waals surface area contributed by atoms with Gasteiger partial charge >= 0.3 is 0 Å². The van der Waals surface area contributed by atoms with Gasteiger partial charge in [-0.05, 0) is 32.4 Å². The third kappa shape index (κ3) is 3.92. The van der Waals surface area contributed by atoms with E-state index in [1.54, 1.807) is 0 Å². The van der Waals surface area contributed by atoms with E-state index in [0.29, 0.717) is 22.5 Å². The van der Waals surface area contributed by atoms with E-state index in [-0.39, 0.29) is 11.8 Å². The van der Waals surface area contributed by atoms with Gasteiger partial charge in [-0.15, -0.1) is 0 Å². The van der Waals surface area contributed by atoms with Crippen molar-refractivity contribution in [2.75, 3.05) is 26.7 Å². The van der Waals surface area contributed by atoms with E-state index in [2.05, 4.69) is 15.3 Å². The summed E-state index contributed by atoms with van der Waals surface area (Å²) in [5.41, 5.74) is 0.336. The van der Waals surface area contributed by atoms with Gasteiger partial charge in [0, 0.05) is 19.0 Å². The minimum atomic E-state index is -0.0767. The van der Waals surface area contributed by atoms with Gasteiger partial charge in [0.25, 0.3) is 5.91 Å². The van der Waals surface area contributed by atoms with Crippen molar-refractivity contribution in [2.24, 2.45) is 5.92 Å². The minimum Gasteiger partial charge on any atom is -0.337 e. The monoisotopic (exact) mass is 310 g/mol. The summed E-state index contributed by atoms with van der Waals surface area (Å²) in [5.74, 6) is 1.40. The number of likely N-dealkylation sites (tertiary alicyclic amines) is 1. The van der Waals surface area contributed by atoms with Crippen molar-refractivity contribution in [3.8, 4) is 0 Å². The first-order chi connectivity index (χ1) is 10.0. The van der Waals surface area contributed by atoms with E-state index in [1.807, 2.05) is 25.8 Å². The molecule has 0 spiro atoms. The van der Waals surface area contributed by atoms with Crippen LogP contribution in [0.2, 0.25) is 5.02 Å². The van der Waals surface area contributed by atoms with Crippen molar-refractivity contribution < 1.29 is 4.79 Å². The molecular weight excluding hydrogens is 288 g/mol. The van der Waals surface area contributed by atoms with Gasteiger partial charge in [-0.1, -0.05) is 25.4 Å². The Hall–Kier alpha value is -1.20. The van der Waals surface area contributed by atoms with Crippen LogP contribution in [0.25, 0.3) is 0 Å². The molecule has 1 fully saturated rings. The van der Waals surface area contributed by atoms with Crippen molar-refractivity contribution in [3.63, 3.8) is 0 Å². The number of aromatic nitrogens is 2. The molecule has 1 saturated heterocycles. The van der Waals surface area contributed by atoms with Gasteiger partial charge < -0.3 is 10.2 Å². The number of nitrogens with zero attached hydrogens (tertiary/aromatic N) is 3. The summed E-state index contributed by atoms with van der Waals surface area (Å²) in [7, 11) is 1.96. The molecule has 1 aliphatic heterocycles. The summed E-state index contributed by atoms with van der Waals surface area (Å²) in [6.45, 7) is 6.54. The molecular formula is C15H23ClN4O. The van der Waals surface area contributed by atoms with Gasteiger partial charge in [0.2, 0.25) is 0 Å². The maximum absolute atomic E-state index is 12.6. The normalized spacial score (nSPS) is 16.5. The quantitative estimate of drug-likeness (QED) is 0.927. The second-order valence-electron chi connectivity index (χ2n) is 5.87. The first-order valence-electron chi connectivity index (χ1n) is 7.49. The van der Waals surface area contributed by atoms with E-state index < -0.39 is 0 Å². The predicted molar refractivity (Wildman–Crippen MR) is 83.7 cm³/mol. The zero-order valence-corrected chi connectivity index (χ0v) is 13.7. The lowest BCUT2D eigenvalue weighted by molar-refractivity contribution is 0.0684. The molecule has 0 radical (unpaired) electrons. The van der Waals surface area contributed by atoms with Gasteiger partial charge in [-0.25, -0.2) is 9.97 Å². The second-order valence-corrected chi connectivity index (χ2v) is 6.28. The molecule has 0 unspecified atom stereocenters. The maximum Gasteiger partial charge on any atom is 0.274 e. The summed E-state index contributed by atoms with van der Waals surface area (Å²) in [6.07, 6.45) is 3.57. The molecule has 1 aliphatic rings. The molecule has 116 valence electrons. The van der Waals surface area contributed by atoms with Gasteiger partial charge in [0.05, 0.1) is 11.2 Å². The Morgan fingerprint density at radius 3 is 2.71 bits per heavy atom. The lowest BCUT2D eigenvalue weighted by Gasteiger charge is -2.31. The topological polar surface area (TPSA) is 58.1 Å². The Labute approximate surface area is 131 Å². The highest BCUT2D eigenvalue weighted by molar-refractivity contribution is 6.33. The Morgan fingerprint density at radius 2 is 2.14 bits per heavy atom. The van der Waals surface area contributed by atoms with Crippen molar-refractivity contribution in [1.82, 2.24) is 20.2 Å². The molecule has 1 aromatic heterocycles. The average Bonchev–Trinajstić information content (AvgIpc) is 2.48. The van der Waals surface area contributed by atoms with Crippen molar-refractivity contribution in [2.45, 2.75) is 32.6 Å². The number of nitrogens with one attached hydrogen (secondary N) is 1. The molecule has 2 heterocycles. The fraction of sp³-hybridized carbons (Fsp3) is 0.667. The van der Waals surface area contributed by atoms with Crippen molar-refractivity contribution in [3.05, 3.63) is 22.7 Å². The van der Waals surface area contributed by atoms with E-state index in [1.165, 1.54) is 6.20 Å². The average molecular weight is 311 g/mol. The number of rotatable bonds is 4. The van der Waals surface area contributed by atoms with Crippen LogP contribution in [0.3, 0.4) is 0 Å². The van der Waals surface area contributed by atoms with E-state index in [4.69, 9.17) is 11.6 Å². The standard InChI is InChI=1S/C15H23ClN4O/c1-10(2)14-18-9-12(16)13(19-14)15(21)20-6-4-11(5-7-20)8-17-3/h9-11,17H,4-8H2,1-3H3. The zero-order valence-electron chi connectivity index (χ0n) is 12.9. The maximum atomic E-state index is 12.6. The lowest BCUT2D eigenvalue weighted by atomic mass is 9.96. The Bertz CT molecular complexity index is 498. The SMILES string of the molecule is CNCC1CCN(C(=O)c2nc(C(C)C)ncc2Cl)CC1. The molecule has 5 nitrogen and oxygen atoms in total. The Kier molecular flexibility index (Phi) is 5.53. The first kappa shape index (κ1) is 16.2. The van der Waals surface area contributed by atoms with Gasteiger partial charge in [0.1, 0.15) is 5.82 Å². The Balaban J connectivity index is 2.08. The number of piperidine rings is 1. The molecule has 21 heavy (non-hydrogen) atoms. The van der Waals surface area contributed by atoms with E-state index >= 15 is 0 Å². The molecule has 0 saturated carbocycles. The van der Waals surface area contributed by atoms with Crippen LogP contribution in [0.1, 0.15) is 48.9 Å². The molecule has 0 aromatic carbocycles. The largest absolute Gasteiger partial charge is 0.337 e. The third-order valence-electron chi connectivity index (χ3n) is 3.88. The van der Waals surface area contributed by atoms with Gasteiger partial charge in [0.15, 0.2) is 5.69 Å². The highest BCUT2D eigenvalue weighted by Crippen LogP contribution is 2.22. The molecule has 0 aliphatic carbocycles. The van der Waals surface area contributed by atoms with Crippen LogP contribution in [0.5, 0.6) is 0 Å². The summed E-state index contributed by atoms with van der Waals surface area (Å²) in [5, 5.41) is 3.53. The number of carbonyl (C=O) groups is 1. The van der Waals surface area contributed by atoms with Crippen LogP contribution in [0.15, 0.2) is 6.20 Å². The van der Waals surface area contributed by atoms with Crippen LogP contribution < -0.4 is 5.32 Å². The number of halogens is 1. The van der Waals surface area contributed by atoms with Crippen LogP contribution in [-0.4, -0.2) is 47.5 Å². The summed E-state index contributed by atoms with van der Waals surface area (Å²) >= 11 is 6.11. The van der Waals surface area contributed by atoms with Crippen LogP contribution in [0, 0.1) is 5.92 Å². The smallest absolute Gasteiger partial charge is 0.274 e. The van der Waals surface area contributed by atoms with Crippen LogP contribution in [-0.2, 0) is 0 Å². The molecule has 2 rings (SSSR count). The predicted octanol–water partition coefficient (Wildman–Crippen LogP) is 2.33. The minimum absolute atomic E-state index is 0.0767. The number of amides is 1. The highest BCUT2D eigenvalue weighted by Gasteiger charge is 2.26. The third-order valence-corrected chi connectivity index (χ3v) is 4.15. The summed E-state index contributed by atoms with van der Waals surface area (Å²) in [4.78, 5) is 23.0. The first-order valence-corrected chi connectivity index (χ1v) is 7.87. The van der Waals surface area contributed by atoms with E-state index in [0.717, 1.165) is 32.5 Å². The molecule has 1 aromatic rings. The lowest BCUT2D eigenvalue weighted by Crippen LogP contribution is -2.41. The number of carbonyl (C=O) groups excluding carboxylic acids is 1. The summed E-state index contributed by atoms with van der Waals surface area (Å²) in [6, 6.07) is 0. The van der Waals surface area contributed by atoms with Gasteiger partial charge in [-0.3, -0.25) is 4.79 Å². The fourth-order valence-corrected chi connectivity index (χ4v) is 2.76. The van der Waals surface area contributed by atoms with Gasteiger partial charge in [-0.2, -0.15) is 0 Å². The van der Waals surface area contributed by atoms with E-state index in [9.17, 15) is 4.79 Å². The number of hydrogen-bond acceptors (Lipinski definition) is 4. The molecule has 0 bridgehead atoms. The second kappa shape index (κ2) is 7.18. The number of hydrogen-bond donors (Lipinski definition) is 1. The highest BCUT2D eigenvalue weighted by atomic mass is 35.5. The fourth-order valence-electron chi connectivity index (χ4n) is 2.59. The molecule has 6 heteroatoms. The molecule has 1 N–H and O–H groups in total. The van der Waals surface area contributed by atoms with Crippen LogP contribution >= 0.6 is 11.6 Å². The van der Waals surface area contributed by atoms with Crippen LogP contribution in [0.4, 0.5) is 0 Å². The van der Waals surface area contributed by atoms with Crippen molar-refractivity contribution in [1.29, 1.82) is 0 Å².